The molecule has 2 unspecified atom stereocenters. The molecule has 1 aromatic rings. The Morgan fingerprint density at radius 3 is 2.65 bits per heavy atom. The molecular formula is C16H19NO3. The van der Waals surface area contributed by atoms with Crippen LogP contribution in [0.15, 0.2) is 24.3 Å². The zero-order valence-corrected chi connectivity index (χ0v) is 11.6. The summed E-state index contributed by atoms with van der Waals surface area (Å²) >= 11 is 0. The van der Waals surface area contributed by atoms with Gasteiger partial charge in [-0.3, -0.25) is 9.59 Å². The number of carboxylic acids is 1. The molecule has 20 heavy (non-hydrogen) atoms. The predicted molar refractivity (Wildman–Crippen MR) is 74.2 cm³/mol. The van der Waals surface area contributed by atoms with Crippen LogP contribution in [0.2, 0.25) is 0 Å². The van der Waals surface area contributed by atoms with E-state index >= 15 is 0 Å². The fraction of sp³-hybridized carbons (Fsp3) is 0.500. The number of rotatable bonds is 4. The third kappa shape index (κ3) is 2.09. The second-order valence-corrected chi connectivity index (χ2v) is 5.68. The SMILES string of the molecule is CCc1ccccc1C1C(C(=O)O)CC(=O)N1C1CC1. The molecule has 1 saturated heterocycles. The maximum absolute atomic E-state index is 12.2. The molecule has 2 atom stereocenters. The standard InChI is InChI=1S/C16H19NO3/c1-2-10-5-3-4-6-12(10)15-13(16(19)20)9-14(18)17(15)11-7-8-11/h3-6,11,13,15H,2,7-9H2,1H3,(H,19,20). The van der Waals surface area contributed by atoms with Crippen molar-refractivity contribution >= 4 is 11.9 Å². The molecule has 1 aromatic carbocycles. The van der Waals surface area contributed by atoms with Crippen LogP contribution in [0.5, 0.6) is 0 Å². The normalized spacial score (nSPS) is 26.1. The topological polar surface area (TPSA) is 57.6 Å². The van der Waals surface area contributed by atoms with Crippen molar-refractivity contribution in [2.45, 2.75) is 44.7 Å². The summed E-state index contributed by atoms with van der Waals surface area (Å²) in [6.45, 7) is 2.06. The Hall–Kier alpha value is -1.84. The van der Waals surface area contributed by atoms with Gasteiger partial charge in [-0.05, 0) is 30.4 Å². The maximum Gasteiger partial charge on any atom is 0.309 e. The van der Waals surface area contributed by atoms with Crippen molar-refractivity contribution in [3.63, 3.8) is 0 Å². The predicted octanol–water partition coefficient (Wildman–Crippen LogP) is 2.39. The van der Waals surface area contributed by atoms with Gasteiger partial charge in [-0.15, -0.1) is 0 Å². The summed E-state index contributed by atoms with van der Waals surface area (Å²) in [5, 5.41) is 9.47. The van der Waals surface area contributed by atoms with Crippen molar-refractivity contribution in [1.29, 1.82) is 0 Å². The number of aryl methyl sites for hydroxylation is 1. The van der Waals surface area contributed by atoms with Crippen LogP contribution in [0.3, 0.4) is 0 Å². The van der Waals surface area contributed by atoms with Crippen molar-refractivity contribution in [2.75, 3.05) is 0 Å². The van der Waals surface area contributed by atoms with Crippen LogP contribution in [0.25, 0.3) is 0 Å². The average molecular weight is 273 g/mol. The van der Waals surface area contributed by atoms with E-state index in [0.29, 0.717) is 0 Å². The minimum Gasteiger partial charge on any atom is -0.481 e. The molecule has 4 nitrogen and oxygen atoms in total. The van der Waals surface area contributed by atoms with E-state index in [1.165, 1.54) is 0 Å². The first-order valence-corrected chi connectivity index (χ1v) is 7.25. The van der Waals surface area contributed by atoms with Gasteiger partial charge in [-0.1, -0.05) is 31.2 Å². The first-order chi connectivity index (χ1) is 9.63. The lowest BCUT2D eigenvalue weighted by Gasteiger charge is -2.29. The molecule has 0 radical (unpaired) electrons. The van der Waals surface area contributed by atoms with Crippen LogP contribution in [-0.2, 0) is 16.0 Å². The molecule has 3 rings (SSSR count). The molecule has 1 N–H and O–H groups in total. The highest BCUT2D eigenvalue weighted by molar-refractivity contribution is 5.88. The van der Waals surface area contributed by atoms with Gasteiger partial charge in [-0.25, -0.2) is 0 Å². The summed E-state index contributed by atoms with van der Waals surface area (Å²) in [5.41, 5.74) is 2.16. The largest absolute Gasteiger partial charge is 0.481 e. The summed E-state index contributed by atoms with van der Waals surface area (Å²) in [6.07, 6.45) is 2.99. The van der Waals surface area contributed by atoms with Gasteiger partial charge in [0.25, 0.3) is 0 Å². The van der Waals surface area contributed by atoms with Crippen LogP contribution >= 0.6 is 0 Å². The highest BCUT2D eigenvalue weighted by Crippen LogP contribution is 2.45. The molecule has 4 heteroatoms. The summed E-state index contributed by atoms with van der Waals surface area (Å²) < 4.78 is 0. The molecule has 0 aromatic heterocycles. The summed E-state index contributed by atoms with van der Waals surface area (Å²) in [5.74, 6) is -1.48. The number of hydrogen-bond donors (Lipinski definition) is 1. The number of hydrogen-bond acceptors (Lipinski definition) is 2. The Morgan fingerprint density at radius 2 is 2.05 bits per heavy atom. The zero-order valence-electron chi connectivity index (χ0n) is 11.6. The van der Waals surface area contributed by atoms with E-state index in [4.69, 9.17) is 0 Å². The number of amides is 1. The second kappa shape index (κ2) is 4.93. The van der Waals surface area contributed by atoms with Gasteiger partial charge in [-0.2, -0.15) is 0 Å². The number of carboxylic acid groups (broad SMARTS) is 1. The van der Waals surface area contributed by atoms with E-state index in [0.717, 1.165) is 30.4 Å². The van der Waals surface area contributed by atoms with E-state index in [9.17, 15) is 14.7 Å². The van der Waals surface area contributed by atoms with Crippen molar-refractivity contribution in [3.8, 4) is 0 Å². The number of carbonyl (C=O) groups is 2. The second-order valence-electron chi connectivity index (χ2n) is 5.68. The summed E-state index contributed by atoms with van der Waals surface area (Å²) in [4.78, 5) is 25.6. The molecule has 1 amide bonds. The van der Waals surface area contributed by atoms with Crippen LogP contribution < -0.4 is 0 Å². The Kier molecular flexibility index (Phi) is 3.24. The molecule has 1 aliphatic carbocycles. The third-order valence-electron chi connectivity index (χ3n) is 4.38. The van der Waals surface area contributed by atoms with Gasteiger partial charge >= 0.3 is 5.97 Å². The Balaban J connectivity index is 2.05. The highest BCUT2D eigenvalue weighted by atomic mass is 16.4. The van der Waals surface area contributed by atoms with Crippen LogP contribution in [0.4, 0.5) is 0 Å². The fourth-order valence-electron chi connectivity index (χ4n) is 3.27. The van der Waals surface area contributed by atoms with Crippen molar-refractivity contribution in [3.05, 3.63) is 35.4 Å². The lowest BCUT2D eigenvalue weighted by Crippen LogP contribution is -2.33. The summed E-state index contributed by atoms with van der Waals surface area (Å²) in [6, 6.07) is 7.87. The quantitative estimate of drug-likeness (QED) is 0.916. The number of aliphatic carboxylic acids is 1. The highest BCUT2D eigenvalue weighted by Gasteiger charge is 2.50. The van der Waals surface area contributed by atoms with E-state index < -0.39 is 11.9 Å². The first-order valence-electron chi connectivity index (χ1n) is 7.25. The Labute approximate surface area is 118 Å². The monoisotopic (exact) mass is 273 g/mol. The zero-order chi connectivity index (χ0) is 14.3. The van der Waals surface area contributed by atoms with Crippen LogP contribution in [0, 0.1) is 5.92 Å². The van der Waals surface area contributed by atoms with Gasteiger partial charge in [0, 0.05) is 12.5 Å². The Bertz CT molecular complexity index is 550. The molecule has 2 aliphatic rings. The molecule has 0 spiro atoms. The van der Waals surface area contributed by atoms with Crippen LogP contribution in [0.1, 0.15) is 43.4 Å². The van der Waals surface area contributed by atoms with Gasteiger partial charge < -0.3 is 10.0 Å². The Morgan fingerprint density at radius 1 is 1.35 bits per heavy atom. The van der Waals surface area contributed by atoms with Gasteiger partial charge in [0.2, 0.25) is 5.91 Å². The van der Waals surface area contributed by atoms with E-state index in [-0.39, 0.29) is 24.4 Å². The molecule has 1 saturated carbocycles. The number of carbonyl (C=O) groups excluding carboxylic acids is 1. The maximum atomic E-state index is 12.2. The molecule has 0 bridgehead atoms. The van der Waals surface area contributed by atoms with Gasteiger partial charge in [0.05, 0.1) is 12.0 Å². The molecule has 1 aliphatic heterocycles. The molecular weight excluding hydrogens is 254 g/mol. The third-order valence-corrected chi connectivity index (χ3v) is 4.38. The smallest absolute Gasteiger partial charge is 0.309 e. The molecule has 1 heterocycles. The van der Waals surface area contributed by atoms with E-state index in [1.54, 1.807) is 0 Å². The lowest BCUT2D eigenvalue weighted by atomic mass is 9.89. The number of nitrogens with zero attached hydrogens (tertiary/aromatic N) is 1. The molecule has 106 valence electrons. The first kappa shape index (κ1) is 13.2. The van der Waals surface area contributed by atoms with Crippen molar-refractivity contribution in [1.82, 2.24) is 4.90 Å². The van der Waals surface area contributed by atoms with Gasteiger partial charge in [0.15, 0.2) is 0 Å². The minimum absolute atomic E-state index is 0.00388. The van der Waals surface area contributed by atoms with E-state index in [2.05, 4.69) is 6.92 Å². The van der Waals surface area contributed by atoms with E-state index in [1.807, 2.05) is 29.2 Å². The average Bonchev–Trinajstić information content (AvgIpc) is 3.21. The van der Waals surface area contributed by atoms with Gasteiger partial charge in [0.1, 0.15) is 0 Å². The fourth-order valence-corrected chi connectivity index (χ4v) is 3.27. The summed E-state index contributed by atoms with van der Waals surface area (Å²) in [7, 11) is 0. The van der Waals surface area contributed by atoms with Crippen molar-refractivity contribution in [2.24, 2.45) is 5.92 Å². The van der Waals surface area contributed by atoms with Crippen LogP contribution in [-0.4, -0.2) is 27.9 Å². The van der Waals surface area contributed by atoms with Crippen molar-refractivity contribution < 1.29 is 14.7 Å². The number of benzene rings is 1. The lowest BCUT2D eigenvalue weighted by molar-refractivity contribution is -0.142. The molecule has 2 fully saturated rings. The minimum atomic E-state index is -0.864. The number of likely N-dealkylation sites (tertiary alicyclic amines) is 1.